The number of benzene rings is 2. The molecule has 4 aromatic rings. The molecule has 10 heteroatoms. The number of nitrogens with one attached hydrogen (secondary N) is 1. The molecule has 2 aromatic heterocycles. The van der Waals surface area contributed by atoms with Crippen LogP contribution in [0.5, 0.6) is 11.5 Å². The molecule has 0 spiro atoms. The maximum absolute atomic E-state index is 13.2. The number of rotatable bonds is 5. The molecule has 6 rings (SSSR count). The number of carbonyl (C=O) groups excluding carboxylic acids is 2. The highest BCUT2D eigenvalue weighted by Crippen LogP contribution is 2.36. The lowest BCUT2D eigenvalue weighted by Crippen LogP contribution is -2.28. The molecular weight excluding hydrogens is 478 g/mol. The monoisotopic (exact) mass is 501 g/mol. The Bertz CT molecular complexity index is 1490. The first-order chi connectivity index (χ1) is 17.4. The van der Waals surface area contributed by atoms with E-state index in [-0.39, 0.29) is 25.0 Å². The highest BCUT2D eigenvalue weighted by atomic mass is 32.1. The van der Waals surface area contributed by atoms with Gasteiger partial charge in [0, 0.05) is 35.7 Å². The van der Waals surface area contributed by atoms with Crippen molar-refractivity contribution in [1.82, 2.24) is 14.8 Å². The number of thiazole rings is 1. The van der Waals surface area contributed by atoms with Crippen LogP contribution in [0.3, 0.4) is 0 Å². The molecule has 2 aromatic carbocycles. The number of nitrogens with zero attached hydrogens (tertiary/aromatic N) is 4. The van der Waals surface area contributed by atoms with Gasteiger partial charge in [0.2, 0.25) is 23.7 Å². The summed E-state index contributed by atoms with van der Waals surface area (Å²) in [5.74, 6) is 1.20. The van der Waals surface area contributed by atoms with Gasteiger partial charge in [0.1, 0.15) is 5.82 Å². The van der Waals surface area contributed by atoms with Crippen molar-refractivity contribution in [3.8, 4) is 27.9 Å². The number of anilines is 2. The predicted molar refractivity (Wildman–Crippen MR) is 136 cm³/mol. The van der Waals surface area contributed by atoms with E-state index in [9.17, 15) is 9.59 Å². The molecule has 1 saturated heterocycles. The average Bonchev–Trinajstić information content (AvgIpc) is 3.65. The summed E-state index contributed by atoms with van der Waals surface area (Å²) >= 11 is 1.42. The lowest BCUT2D eigenvalue weighted by Gasteiger charge is -2.17. The van der Waals surface area contributed by atoms with E-state index >= 15 is 0 Å². The first kappa shape index (κ1) is 22.3. The normalized spacial score (nSPS) is 16.6. The predicted octanol–water partition coefficient (Wildman–Crippen LogP) is 4.33. The summed E-state index contributed by atoms with van der Waals surface area (Å²) in [6, 6.07) is 15.2. The quantitative estimate of drug-likeness (QED) is 0.437. The summed E-state index contributed by atoms with van der Waals surface area (Å²) in [6.07, 6.45) is 0.165. The number of amides is 2. The van der Waals surface area contributed by atoms with Gasteiger partial charge in [0.05, 0.1) is 17.3 Å². The van der Waals surface area contributed by atoms with Crippen LogP contribution in [-0.2, 0) is 9.59 Å². The fourth-order valence-corrected chi connectivity index (χ4v) is 5.24. The Labute approximate surface area is 211 Å². The van der Waals surface area contributed by atoms with Crippen molar-refractivity contribution in [2.75, 3.05) is 23.6 Å². The molecule has 1 N–H and O–H groups in total. The minimum Gasteiger partial charge on any atom is -0.454 e. The lowest BCUT2D eigenvalue weighted by atomic mass is 10.1. The van der Waals surface area contributed by atoms with E-state index in [0.717, 1.165) is 28.2 Å². The van der Waals surface area contributed by atoms with E-state index in [1.807, 2.05) is 61.7 Å². The Morgan fingerprint density at radius 2 is 1.97 bits per heavy atom. The van der Waals surface area contributed by atoms with Gasteiger partial charge < -0.3 is 19.7 Å². The lowest BCUT2D eigenvalue weighted by molar-refractivity contribution is -0.122. The molecule has 36 heavy (non-hydrogen) atoms. The molecule has 0 saturated carbocycles. The van der Waals surface area contributed by atoms with Gasteiger partial charge in [-0.1, -0.05) is 12.1 Å². The minimum absolute atomic E-state index is 0.0567. The van der Waals surface area contributed by atoms with Gasteiger partial charge >= 0.3 is 0 Å². The largest absolute Gasteiger partial charge is 0.454 e. The summed E-state index contributed by atoms with van der Waals surface area (Å²) in [5.41, 5.74) is 4.30. The molecule has 2 aliphatic heterocycles. The Hall–Kier alpha value is -4.18. The van der Waals surface area contributed by atoms with E-state index in [1.165, 1.54) is 11.3 Å². The number of carbonyl (C=O) groups is 2. The van der Waals surface area contributed by atoms with E-state index in [1.54, 1.807) is 15.6 Å². The molecule has 1 fully saturated rings. The molecule has 0 aliphatic carbocycles. The Morgan fingerprint density at radius 1 is 1.11 bits per heavy atom. The van der Waals surface area contributed by atoms with Crippen LogP contribution in [0.15, 0.2) is 53.9 Å². The summed E-state index contributed by atoms with van der Waals surface area (Å²) in [7, 11) is 0. The minimum atomic E-state index is -0.456. The fraction of sp³-hybridized carbons (Fsp3) is 0.231. The molecular formula is C26H23N5O4S. The molecule has 4 heterocycles. The van der Waals surface area contributed by atoms with Crippen LogP contribution < -0.4 is 19.7 Å². The third kappa shape index (κ3) is 4.09. The Morgan fingerprint density at radius 3 is 2.83 bits per heavy atom. The van der Waals surface area contributed by atoms with Crippen LogP contribution in [0, 0.1) is 19.8 Å². The molecule has 0 bridgehead atoms. The van der Waals surface area contributed by atoms with Crippen molar-refractivity contribution in [1.29, 1.82) is 0 Å². The maximum atomic E-state index is 13.2. The summed E-state index contributed by atoms with van der Waals surface area (Å²) < 4.78 is 12.5. The fourth-order valence-electron chi connectivity index (χ4n) is 4.44. The Kier molecular flexibility index (Phi) is 5.45. The molecule has 9 nitrogen and oxygen atoms in total. The second-order valence-electron chi connectivity index (χ2n) is 8.90. The number of aromatic nitrogens is 3. The number of ether oxygens (including phenoxy) is 2. The van der Waals surface area contributed by atoms with Gasteiger partial charge in [0.15, 0.2) is 11.5 Å². The first-order valence-corrected chi connectivity index (χ1v) is 12.4. The van der Waals surface area contributed by atoms with Crippen molar-refractivity contribution in [2.24, 2.45) is 5.92 Å². The number of fused-ring (bicyclic) bond motifs is 1. The highest BCUT2D eigenvalue weighted by molar-refractivity contribution is 7.12. The van der Waals surface area contributed by atoms with Crippen LogP contribution in [0.4, 0.5) is 11.5 Å². The molecule has 1 unspecified atom stereocenters. The smallest absolute Gasteiger partial charge is 0.231 e. The van der Waals surface area contributed by atoms with E-state index in [2.05, 4.69) is 10.4 Å². The van der Waals surface area contributed by atoms with E-state index in [0.29, 0.717) is 29.0 Å². The maximum Gasteiger partial charge on any atom is 0.231 e. The van der Waals surface area contributed by atoms with E-state index < -0.39 is 5.92 Å². The van der Waals surface area contributed by atoms with E-state index in [4.69, 9.17) is 14.5 Å². The third-order valence-electron chi connectivity index (χ3n) is 6.23. The van der Waals surface area contributed by atoms with Gasteiger partial charge in [-0.25, -0.2) is 4.98 Å². The number of hydrogen-bond donors (Lipinski definition) is 1. The van der Waals surface area contributed by atoms with Crippen LogP contribution in [0.2, 0.25) is 0 Å². The first-order valence-electron chi connectivity index (χ1n) is 11.5. The van der Waals surface area contributed by atoms with Crippen LogP contribution in [0.1, 0.15) is 17.7 Å². The average molecular weight is 502 g/mol. The topological polar surface area (TPSA) is 98.6 Å². The van der Waals surface area contributed by atoms with Gasteiger partial charge in [-0.2, -0.15) is 9.78 Å². The zero-order valence-corrected chi connectivity index (χ0v) is 20.5. The Balaban J connectivity index is 1.20. The third-order valence-corrected chi connectivity index (χ3v) is 7.05. The number of hydrogen-bond acceptors (Lipinski definition) is 7. The molecule has 2 aliphatic rings. The second-order valence-corrected chi connectivity index (χ2v) is 9.74. The van der Waals surface area contributed by atoms with Crippen LogP contribution in [0.25, 0.3) is 16.4 Å². The van der Waals surface area contributed by atoms with Crippen molar-refractivity contribution in [3.05, 3.63) is 65.2 Å². The highest BCUT2D eigenvalue weighted by Gasteiger charge is 2.35. The molecule has 182 valence electrons. The van der Waals surface area contributed by atoms with Gasteiger partial charge in [-0.15, -0.1) is 11.3 Å². The van der Waals surface area contributed by atoms with Crippen molar-refractivity contribution in [2.45, 2.75) is 20.3 Å². The zero-order chi connectivity index (χ0) is 24.8. The van der Waals surface area contributed by atoms with Crippen LogP contribution >= 0.6 is 11.3 Å². The van der Waals surface area contributed by atoms with Gasteiger partial charge in [0.25, 0.3) is 0 Å². The summed E-state index contributed by atoms with van der Waals surface area (Å²) in [4.78, 5) is 32.2. The van der Waals surface area contributed by atoms with Crippen molar-refractivity contribution in [3.63, 3.8) is 0 Å². The summed E-state index contributed by atoms with van der Waals surface area (Å²) in [6.45, 7) is 4.39. The standard InChI is InChI=1S/C26H23N5O4S/c1-15-4-3-5-19(8-15)30-12-18(11-24(30)32)25(33)28-23-9-16(2)29-31(23)26-27-20(13-36-26)17-6-7-21-22(10-17)35-14-34-21/h3-10,13,18H,11-12,14H2,1-2H3,(H,28,33). The van der Waals surface area contributed by atoms with Gasteiger partial charge in [-0.05, 0) is 49.7 Å². The second kappa shape index (κ2) is 8.80. The van der Waals surface area contributed by atoms with Crippen LogP contribution in [-0.4, -0.2) is 39.9 Å². The molecule has 2 amide bonds. The number of aryl methyl sites for hydroxylation is 2. The molecule has 0 radical (unpaired) electrons. The van der Waals surface area contributed by atoms with Gasteiger partial charge in [-0.3, -0.25) is 9.59 Å². The van der Waals surface area contributed by atoms with Crippen molar-refractivity contribution >= 4 is 34.7 Å². The SMILES string of the molecule is Cc1cccc(N2CC(C(=O)Nc3cc(C)nn3-c3nc(-c4ccc5c(c4)OCO5)cs3)CC2=O)c1. The zero-order valence-electron chi connectivity index (χ0n) is 19.7. The summed E-state index contributed by atoms with van der Waals surface area (Å²) in [5, 5.41) is 10.1. The molecule has 1 atom stereocenters. The van der Waals surface area contributed by atoms with Crippen molar-refractivity contribution < 1.29 is 19.1 Å².